The molecule has 1 saturated heterocycles. The van der Waals surface area contributed by atoms with Gasteiger partial charge in [0.25, 0.3) is 5.91 Å². The first-order valence-electron chi connectivity index (χ1n) is 11.4. The lowest BCUT2D eigenvalue weighted by Gasteiger charge is -2.32. The van der Waals surface area contributed by atoms with Crippen molar-refractivity contribution in [3.05, 3.63) is 88.7 Å². The molecule has 6 nitrogen and oxygen atoms in total. The molecule has 0 bridgehead atoms. The lowest BCUT2D eigenvalue weighted by molar-refractivity contribution is 0.0713. The predicted molar refractivity (Wildman–Crippen MR) is 133 cm³/mol. The number of amides is 1. The van der Waals surface area contributed by atoms with Gasteiger partial charge < -0.3 is 19.4 Å². The first kappa shape index (κ1) is 22.3. The van der Waals surface area contributed by atoms with Gasteiger partial charge in [-0.25, -0.2) is 4.98 Å². The van der Waals surface area contributed by atoms with Gasteiger partial charge >= 0.3 is 0 Å². The number of piperidine rings is 1. The standard InChI is InChI=1S/C27H26ClN3O3/c1-33-25-15-20(6-9-24(25)34-17-18-4-7-21(28)8-5-18)27(32)31-13-10-19(11-14-31)23-16-30-26-22(23)3-2-12-29-26/h2-9,12,15-16,19H,10-11,13-14,17H2,1H3,(H,29,30). The molecule has 1 N–H and O–H groups in total. The van der Waals surface area contributed by atoms with Crippen molar-refractivity contribution in [2.75, 3.05) is 20.2 Å². The van der Waals surface area contributed by atoms with Crippen molar-refractivity contribution in [1.82, 2.24) is 14.9 Å². The molecule has 0 radical (unpaired) electrons. The summed E-state index contributed by atoms with van der Waals surface area (Å²) in [7, 11) is 1.58. The number of rotatable bonds is 6. The number of halogens is 1. The molecule has 2 aromatic carbocycles. The highest BCUT2D eigenvalue weighted by atomic mass is 35.5. The summed E-state index contributed by atoms with van der Waals surface area (Å²) < 4.78 is 11.4. The molecule has 0 saturated carbocycles. The Kier molecular flexibility index (Phi) is 6.41. The molecule has 4 aromatic rings. The Hall–Kier alpha value is -3.51. The number of nitrogens with zero attached hydrogens (tertiary/aromatic N) is 2. The van der Waals surface area contributed by atoms with Crippen molar-refractivity contribution >= 4 is 28.5 Å². The zero-order valence-electron chi connectivity index (χ0n) is 19.0. The van der Waals surface area contributed by atoms with Crippen LogP contribution >= 0.6 is 11.6 Å². The zero-order valence-corrected chi connectivity index (χ0v) is 19.7. The molecule has 0 spiro atoms. The summed E-state index contributed by atoms with van der Waals surface area (Å²) in [6.45, 7) is 1.82. The number of aromatic amines is 1. The van der Waals surface area contributed by atoms with E-state index < -0.39 is 0 Å². The van der Waals surface area contributed by atoms with Gasteiger partial charge in [-0.15, -0.1) is 0 Å². The smallest absolute Gasteiger partial charge is 0.253 e. The molecular formula is C27H26ClN3O3. The molecule has 0 atom stereocenters. The number of carbonyl (C=O) groups is 1. The topological polar surface area (TPSA) is 67.5 Å². The fraction of sp³-hybridized carbons (Fsp3) is 0.259. The van der Waals surface area contributed by atoms with Gasteiger partial charge in [0.1, 0.15) is 12.3 Å². The second kappa shape index (κ2) is 9.77. The molecule has 1 fully saturated rings. The van der Waals surface area contributed by atoms with E-state index in [4.69, 9.17) is 21.1 Å². The number of H-pyrrole nitrogens is 1. The number of carbonyl (C=O) groups excluding carboxylic acids is 1. The van der Waals surface area contributed by atoms with Crippen LogP contribution in [-0.4, -0.2) is 41.0 Å². The maximum atomic E-state index is 13.2. The van der Waals surface area contributed by atoms with E-state index in [1.54, 1.807) is 31.5 Å². The van der Waals surface area contributed by atoms with Crippen LogP contribution in [0, 0.1) is 0 Å². The number of nitrogens with one attached hydrogen (secondary N) is 1. The van der Waals surface area contributed by atoms with Gasteiger partial charge in [0.2, 0.25) is 0 Å². The molecule has 0 unspecified atom stereocenters. The number of likely N-dealkylation sites (tertiary alicyclic amines) is 1. The third-order valence-electron chi connectivity index (χ3n) is 6.42. The largest absolute Gasteiger partial charge is 0.493 e. The monoisotopic (exact) mass is 475 g/mol. The third kappa shape index (κ3) is 4.59. The molecular weight excluding hydrogens is 450 g/mol. The summed E-state index contributed by atoms with van der Waals surface area (Å²) in [4.78, 5) is 22.8. The number of hydrogen-bond acceptors (Lipinski definition) is 4. The van der Waals surface area contributed by atoms with Gasteiger partial charge in [-0.3, -0.25) is 4.79 Å². The van der Waals surface area contributed by atoms with Crippen LogP contribution in [0.25, 0.3) is 11.0 Å². The second-order valence-corrected chi connectivity index (χ2v) is 8.93. The molecule has 1 aliphatic heterocycles. The molecule has 5 rings (SSSR count). The molecule has 1 amide bonds. The maximum Gasteiger partial charge on any atom is 0.253 e. The number of ether oxygens (including phenoxy) is 2. The number of hydrogen-bond donors (Lipinski definition) is 1. The van der Waals surface area contributed by atoms with Crippen LogP contribution in [-0.2, 0) is 6.61 Å². The maximum absolute atomic E-state index is 13.2. The van der Waals surface area contributed by atoms with Crippen LogP contribution in [0.5, 0.6) is 11.5 Å². The van der Waals surface area contributed by atoms with Crippen molar-refractivity contribution in [2.45, 2.75) is 25.4 Å². The first-order chi connectivity index (χ1) is 16.6. The van der Waals surface area contributed by atoms with Gasteiger partial charge in [0, 0.05) is 41.5 Å². The lowest BCUT2D eigenvalue weighted by atomic mass is 9.89. The molecule has 3 heterocycles. The predicted octanol–water partition coefficient (Wildman–Crippen LogP) is 5.82. The van der Waals surface area contributed by atoms with E-state index in [9.17, 15) is 4.79 Å². The van der Waals surface area contributed by atoms with E-state index in [0.717, 1.165) is 24.1 Å². The van der Waals surface area contributed by atoms with Crippen molar-refractivity contribution in [3.63, 3.8) is 0 Å². The van der Waals surface area contributed by atoms with Crippen LogP contribution in [0.2, 0.25) is 5.02 Å². The highest BCUT2D eigenvalue weighted by molar-refractivity contribution is 6.30. The van der Waals surface area contributed by atoms with E-state index in [2.05, 4.69) is 22.2 Å². The number of aromatic nitrogens is 2. The van der Waals surface area contributed by atoms with E-state index in [0.29, 0.717) is 47.7 Å². The van der Waals surface area contributed by atoms with E-state index >= 15 is 0 Å². The fourth-order valence-corrected chi connectivity index (χ4v) is 4.68. The van der Waals surface area contributed by atoms with Crippen LogP contribution in [0.3, 0.4) is 0 Å². The van der Waals surface area contributed by atoms with Gasteiger partial charge in [-0.05, 0) is 72.4 Å². The highest BCUT2D eigenvalue weighted by Crippen LogP contribution is 2.34. The Bertz CT molecular complexity index is 1290. The Labute approximate surface area is 203 Å². The fourth-order valence-electron chi connectivity index (χ4n) is 4.55. The molecule has 0 aliphatic carbocycles. The third-order valence-corrected chi connectivity index (χ3v) is 6.68. The highest BCUT2D eigenvalue weighted by Gasteiger charge is 2.26. The molecule has 7 heteroatoms. The van der Waals surface area contributed by atoms with Crippen LogP contribution < -0.4 is 9.47 Å². The van der Waals surface area contributed by atoms with Crippen LogP contribution in [0.1, 0.15) is 40.2 Å². The molecule has 1 aliphatic rings. The van der Waals surface area contributed by atoms with Crippen molar-refractivity contribution < 1.29 is 14.3 Å². The average molecular weight is 476 g/mol. The Morgan fingerprint density at radius 1 is 1.12 bits per heavy atom. The molecule has 174 valence electrons. The van der Waals surface area contributed by atoms with Gasteiger partial charge in [-0.1, -0.05) is 23.7 Å². The van der Waals surface area contributed by atoms with Gasteiger partial charge in [0.15, 0.2) is 11.5 Å². The van der Waals surface area contributed by atoms with Crippen LogP contribution in [0.4, 0.5) is 0 Å². The molecule has 34 heavy (non-hydrogen) atoms. The average Bonchev–Trinajstić information content (AvgIpc) is 3.32. The summed E-state index contributed by atoms with van der Waals surface area (Å²) in [5.74, 6) is 1.57. The number of methoxy groups -OCH3 is 1. The van der Waals surface area contributed by atoms with Crippen molar-refractivity contribution in [2.24, 2.45) is 0 Å². The SMILES string of the molecule is COc1cc(C(=O)N2CCC(c3c[nH]c4ncccc34)CC2)ccc1OCc1ccc(Cl)cc1. The lowest BCUT2D eigenvalue weighted by Crippen LogP contribution is -2.37. The summed E-state index contributed by atoms with van der Waals surface area (Å²) in [6.07, 6.45) is 5.71. The van der Waals surface area contributed by atoms with Gasteiger partial charge in [-0.2, -0.15) is 0 Å². The van der Waals surface area contributed by atoms with Crippen molar-refractivity contribution in [1.29, 1.82) is 0 Å². The summed E-state index contributed by atoms with van der Waals surface area (Å²) in [5, 5.41) is 1.86. The number of pyridine rings is 1. The summed E-state index contributed by atoms with van der Waals surface area (Å²) in [6, 6.07) is 16.9. The Morgan fingerprint density at radius 3 is 2.68 bits per heavy atom. The van der Waals surface area contributed by atoms with E-state index in [1.807, 2.05) is 35.2 Å². The van der Waals surface area contributed by atoms with Crippen LogP contribution in [0.15, 0.2) is 67.0 Å². The quantitative estimate of drug-likeness (QED) is 0.381. The normalized spacial score (nSPS) is 14.4. The molecule has 2 aromatic heterocycles. The number of fused-ring (bicyclic) bond motifs is 1. The second-order valence-electron chi connectivity index (χ2n) is 8.49. The number of benzene rings is 2. The van der Waals surface area contributed by atoms with Gasteiger partial charge in [0.05, 0.1) is 7.11 Å². The zero-order chi connectivity index (χ0) is 23.5. The first-order valence-corrected chi connectivity index (χ1v) is 11.8. The minimum atomic E-state index is 0.0154. The minimum Gasteiger partial charge on any atom is -0.493 e. The Morgan fingerprint density at radius 2 is 1.91 bits per heavy atom. The summed E-state index contributed by atoms with van der Waals surface area (Å²) >= 11 is 5.94. The van der Waals surface area contributed by atoms with E-state index in [1.165, 1.54) is 10.9 Å². The summed E-state index contributed by atoms with van der Waals surface area (Å²) in [5.41, 5.74) is 3.81. The Balaban J connectivity index is 1.23. The van der Waals surface area contributed by atoms with E-state index in [-0.39, 0.29) is 5.91 Å². The minimum absolute atomic E-state index is 0.0154. The van der Waals surface area contributed by atoms with Crippen molar-refractivity contribution in [3.8, 4) is 11.5 Å².